The van der Waals surface area contributed by atoms with Crippen LogP contribution < -0.4 is 4.74 Å². The molecule has 6 nitrogen and oxygen atoms in total. The quantitative estimate of drug-likeness (QED) is 0.730. The van der Waals surface area contributed by atoms with Gasteiger partial charge >= 0.3 is 0 Å². The normalized spacial score (nSPS) is 11.7. The van der Waals surface area contributed by atoms with Crippen LogP contribution in [0.3, 0.4) is 0 Å². The number of ether oxygens (including phenoxy) is 1. The molecule has 1 unspecified atom stereocenters. The van der Waals surface area contributed by atoms with E-state index in [2.05, 4.69) is 16.2 Å². The smallest absolute Gasteiger partial charge is 0.155 e. The summed E-state index contributed by atoms with van der Waals surface area (Å²) in [6, 6.07) is 12.7. The number of rotatable bonds is 4. The third-order valence-electron chi connectivity index (χ3n) is 3.50. The van der Waals surface area contributed by atoms with Gasteiger partial charge in [-0.2, -0.15) is 10.4 Å². The summed E-state index contributed by atoms with van der Waals surface area (Å²) in [6.07, 6.45) is 4.84. The fourth-order valence-electron chi connectivity index (χ4n) is 2.37. The molecule has 7 heteroatoms. The molecule has 0 aliphatic carbocycles. The Labute approximate surface area is 141 Å². The molecule has 0 amide bonds. The van der Waals surface area contributed by atoms with Gasteiger partial charge in [-0.25, -0.2) is 9.67 Å². The van der Waals surface area contributed by atoms with E-state index in [-0.39, 0.29) is 0 Å². The minimum Gasteiger partial charge on any atom is -0.495 e. The zero-order chi connectivity index (χ0) is 17.1. The molecule has 0 bridgehead atoms. The van der Waals surface area contributed by atoms with Crippen molar-refractivity contribution in [1.82, 2.24) is 14.8 Å². The van der Waals surface area contributed by atoms with Crippen molar-refractivity contribution in [2.75, 3.05) is 13.4 Å². The van der Waals surface area contributed by atoms with Crippen molar-refractivity contribution in [1.29, 1.82) is 5.26 Å². The average Bonchev–Trinajstić information content (AvgIpc) is 3.10. The van der Waals surface area contributed by atoms with Gasteiger partial charge in [0.25, 0.3) is 0 Å². The summed E-state index contributed by atoms with van der Waals surface area (Å²) in [5, 5.41) is 13.3. The number of nitriles is 1. The van der Waals surface area contributed by atoms with Crippen LogP contribution in [-0.2, 0) is 10.8 Å². The lowest BCUT2D eigenvalue weighted by molar-refractivity contribution is 0.404. The van der Waals surface area contributed by atoms with Crippen LogP contribution in [0.5, 0.6) is 5.75 Å². The largest absolute Gasteiger partial charge is 0.495 e. The summed E-state index contributed by atoms with van der Waals surface area (Å²) in [6.45, 7) is 0. The highest BCUT2D eigenvalue weighted by molar-refractivity contribution is 7.84. The van der Waals surface area contributed by atoms with E-state index in [9.17, 15) is 4.21 Å². The maximum absolute atomic E-state index is 11.8. The van der Waals surface area contributed by atoms with E-state index in [1.165, 1.54) is 0 Å². The zero-order valence-electron chi connectivity index (χ0n) is 13.1. The van der Waals surface area contributed by atoms with E-state index in [4.69, 9.17) is 10.00 Å². The van der Waals surface area contributed by atoms with E-state index in [1.54, 1.807) is 48.6 Å². The predicted molar refractivity (Wildman–Crippen MR) is 90.4 cm³/mol. The molecule has 120 valence electrons. The maximum Gasteiger partial charge on any atom is 0.155 e. The fraction of sp³-hybridized carbons (Fsp3) is 0.118. The van der Waals surface area contributed by atoms with E-state index in [1.807, 2.05) is 18.2 Å². The number of benzene rings is 1. The van der Waals surface area contributed by atoms with Crippen LogP contribution in [0.15, 0.2) is 53.7 Å². The van der Waals surface area contributed by atoms with E-state index < -0.39 is 10.8 Å². The van der Waals surface area contributed by atoms with Crippen LogP contribution in [0.2, 0.25) is 0 Å². The SMILES string of the molecule is COc1cc(-c2ccnn2-c2cc(C#N)ccn2)ccc1S(C)=O. The molecule has 0 saturated carbocycles. The Balaban J connectivity index is 2.11. The Kier molecular flexibility index (Phi) is 4.40. The van der Waals surface area contributed by atoms with E-state index in [0.29, 0.717) is 22.0 Å². The Morgan fingerprint density at radius 1 is 1.21 bits per heavy atom. The number of pyridine rings is 1. The first-order chi connectivity index (χ1) is 11.6. The third kappa shape index (κ3) is 2.92. The summed E-state index contributed by atoms with van der Waals surface area (Å²) in [7, 11) is 0.409. The molecule has 0 spiro atoms. The van der Waals surface area contributed by atoms with Gasteiger partial charge in [-0.1, -0.05) is 6.07 Å². The molecule has 0 aliphatic rings. The minimum atomic E-state index is -1.14. The van der Waals surface area contributed by atoms with Gasteiger partial charge in [0.1, 0.15) is 5.75 Å². The van der Waals surface area contributed by atoms with Gasteiger partial charge in [0.15, 0.2) is 5.82 Å². The highest BCUT2D eigenvalue weighted by Gasteiger charge is 2.13. The number of methoxy groups -OCH3 is 1. The molecule has 0 saturated heterocycles. The van der Waals surface area contributed by atoms with Crippen molar-refractivity contribution in [3.63, 3.8) is 0 Å². The Morgan fingerprint density at radius 2 is 2.04 bits per heavy atom. The van der Waals surface area contributed by atoms with Gasteiger partial charge in [0, 0.05) is 24.1 Å². The van der Waals surface area contributed by atoms with E-state index in [0.717, 1.165) is 11.3 Å². The first-order valence-corrected chi connectivity index (χ1v) is 8.62. The van der Waals surface area contributed by atoms with Crippen LogP contribution in [-0.4, -0.2) is 32.3 Å². The van der Waals surface area contributed by atoms with Gasteiger partial charge < -0.3 is 4.74 Å². The third-order valence-corrected chi connectivity index (χ3v) is 4.46. The summed E-state index contributed by atoms with van der Waals surface area (Å²) < 4.78 is 18.8. The molecule has 3 aromatic rings. The van der Waals surface area contributed by atoms with Crippen molar-refractivity contribution >= 4 is 10.8 Å². The summed E-state index contributed by atoms with van der Waals surface area (Å²) in [5.41, 5.74) is 2.16. The van der Waals surface area contributed by atoms with Gasteiger partial charge in [0.2, 0.25) is 0 Å². The highest BCUT2D eigenvalue weighted by Crippen LogP contribution is 2.29. The lowest BCUT2D eigenvalue weighted by Crippen LogP contribution is -2.02. The van der Waals surface area contributed by atoms with Crippen LogP contribution in [0.1, 0.15) is 5.56 Å². The molecule has 3 rings (SSSR count). The Hall–Kier alpha value is -2.98. The van der Waals surface area contributed by atoms with E-state index >= 15 is 0 Å². The summed E-state index contributed by atoms with van der Waals surface area (Å²) in [5.74, 6) is 1.11. The van der Waals surface area contributed by atoms with Crippen LogP contribution in [0.4, 0.5) is 0 Å². The molecule has 1 aromatic carbocycles. The topological polar surface area (TPSA) is 80.8 Å². The van der Waals surface area contributed by atoms with Crippen molar-refractivity contribution in [3.05, 3.63) is 54.4 Å². The monoisotopic (exact) mass is 338 g/mol. The molecular formula is C17H14N4O2S. The van der Waals surface area contributed by atoms with Crippen molar-refractivity contribution in [2.24, 2.45) is 0 Å². The van der Waals surface area contributed by atoms with Crippen LogP contribution >= 0.6 is 0 Å². The first kappa shape index (κ1) is 15.9. The van der Waals surface area contributed by atoms with Crippen molar-refractivity contribution in [2.45, 2.75) is 4.90 Å². The molecular weight excluding hydrogens is 324 g/mol. The van der Waals surface area contributed by atoms with Crippen molar-refractivity contribution < 1.29 is 8.95 Å². The number of hydrogen-bond donors (Lipinski definition) is 0. The molecule has 0 N–H and O–H groups in total. The van der Waals surface area contributed by atoms with Crippen LogP contribution in [0, 0.1) is 11.3 Å². The molecule has 2 aromatic heterocycles. The van der Waals surface area contributed by atoms with Crippen LogP contribution in [0.25, 0.3) is 17.1 Å². The second kappa shape index (κ2) is 6.64. The molecule has 0 radical (unpaired) electrons. The molecule has 2 heterocycles. The summed E-state index contributed by atoms with van der Waals surface area (Å²) in [4.78, 5) is 4.91. The second-order valence-electron chi connectivity index (χ2n) is 4.96. The summed E-state index contributed by atoms with van der Waals surface area (Å²) >= 11 is 0. The van der Waals surface area contributed by atoms with Gasteiger partial charge in [-0.05, 0) is 24.3 Å². The Bertz CT molecular complexity index is 959. The fourth-order valence-corrected chi connectivity index (χ4v) is 3.06. The molecule has 24 heavy (non-hydrogen) atoms. The lowest BCUT2D eigenvalue weighted by atomic mass is 10.1. The molecule has 1 atom stereocenters. The standard InChI is InChI=1S/C17H14N4O2S/c1-23-15-10-13(3-4-16(15)24(2)22)14-6-8-20-21(14)17-9-12(11-18)5-7-19-17/h3-10H,1-2H3. The number of hydrogen-bond acceptors (Lipinski definition) is 5. The highest BCUT2D eigenvalue weighted by atomic mass is 32.2. The molecule has 0 aliphatic heterocycles. The number of nitrogens with zero attached hydrogens (tertiary/aromatic N) is 4. The average molecular weight is 338 g/mol. The number of aromatic nitrogens is 3. The van der Waals surface area contributed by atoms with Gasteiger partial charge in [0.05, 0.1) is 46.3 Å². The minimum absolute atomic E-state index is 0.510. The Morgan fingerprint density at radius 3 is 2.75 bits per heavy atom. The molecule has 0 fully saturated rings. The van der Waals surface area contributed by atoms with Gasteiger partial charge in [-0.3, -0.25) is 4.21 Å². The predicted octanol–water partition coefficient (Wildman–Crippen LogP) is 2.55. The second-order valence-corrected chi connectivity index (χ2v) is 6.31. The van der Waals surface area contributed by atoms with Crippen molar-refractivity contribution in [3.8, 4) is 28.9 Å². The lowest BCUT2D eigenvalue weighted by Gasteiger charge is -2.10. The first-order valence-electron chi connectivity index (χ1n) is 7.06. The van der Waals surface area contributed by atoms with Gasteiger partial charge in [-0.15, -0.1) is 0 Å². The zero-order valence-corrected chi connectivity index (χ0v) is 13.9. The maximum atomic E-state index is 11.8.